The van der Waals surface area contributed by atoms with E-state index in [1.165, 1.54) is 6.42 Å². The first kappa shape index (κ1) is 18.9. The van der Waals surface area contributed by atoms with Crippen molar-refractivity contribution < 1.29 is 4.79 Å². The lowest BCUT2D eigenvalue weighted by Crippen LogP contribution is -2.27. The number of carbonyl (C=O) groups is 1. The Morgan fingerprint density at radius 3 is 2.69 bits per heavy atom. The van der Waals surface area contributed by atoms with Crippen LogP contribution in [0.15, 0.2) is 48.5 Å². The van der Waals surface area contributed by atoms with Gasteiger partial charge in [0.2, 0.25) is 0 Å². The number of hydrogen-bond donors (Lipinski definition) is 1. The highest BCUT2D eigenvalue weighted by molar-refractivity contribution is 6.01. The molecule has 146 valence electrons. The lowest BCUT2D eigenvalue weighted by Gasteiger charge is -2.12. The third-order valence-corrected chi connectivity index (χ3v) is 5.33. The molecule has 6 heteroatoms. The maximum atomic E-state index is 12.9. The van der Waals surface area contributed by atoms with Crippen LogP contribution in [-0.2, 0) is 19.4 Å². The van der Waals surface area contributed by atoms with Crippen molar-refractivity contribution in [3.05, 3.63) is 71.3 Å². The molecule has 0 fully saturated rings. The first-order valence-corrected chi connectivity index (χ1v) is 10.1. The fourth-order valence-electron chi connectivity index (χ4n) is 3.84. The van der Waals surface area contributed by atoms with Crippen molar-refractivity contribution in [1.29, 1.82) is 5.26 Å². The Kier molecular flexibility index (Phi) is 5.66. The van der Waals surface area contributed by atoms with Crippen LogP contribution >= 0.6 is 0 Å². The molecule has 1 aromatic heterocycles. The van der Waals surface area contributed by atoms with Crippen LogP contribution in [-0.4, -0.2) is 27.2 Å². The fraction of sp³-hybridized carbons (Fsp3) is 0.304. The molecule has 0 saturated heterocycles. The fourth-order valence-corrected chi connectivity index (χ4v) is 3.84. The quantitative estimate of drug-likeness (QED) is 0.728. The van der Waals surface area contributed by atoms with E-state index in [1.54, 1.807) is 12.1 Å². The monoisotopic (exact) mass is 385 g/mol. The summed E-state index contributed by atoms with van der Waals surface area (Å²) < 4.78 is 2.20. The van der Waals surface area contributed by atoms with Crippen LogP contribution in [0.1, 0.15) is 46.8 Å². The number of amides is 1. The summed E-state index contributed by atoms with van der Waals surface area (Å²) in [5.74, 6) is 1.84. The average Bonchev–Trinajstić information content (AvgIpc) is 2.99. The predicted octanol–water partition coefficient (Wildman–Crippen LogP) is 3.52. The van der Waals surface area contributed by atoms with Gasteiger partial charge in [-0.25, -0.2) is 0 Å². The zero-order valence-corrected chi connectivity index (χ0v) is 16.3. The van der Waals surface area contributed by atoms with Gasteiger partial charge < -0.3 is 9.88 Å². The number of nitrogens with one attached hydrogen (secondary N) is 1. The van der Waals surface area contributed by atoms with Gasteiger partial charge in [-0.15, -0.1) is 10.2 Å². The molecule has 1 aliphatic heterocycles. The minimum atomic E-state index is -0.149. The van der Waals surface area contributed by atoms with Gasteiger partial charge in [0.1, 0.15) is 11.6 Å². The average molecular weight is 385 g/mol. The minimum Gasteiger partial charge on any atom is -0.352 e. The van der Waals surface area contributed by atoms with Gasteiger partial charge in [-0.3, -0.25) is 4.79 Å². The highest BCUT2D eigenvalue weighted by atomic mass is 16.1. The molecule has 2 aromatic carbocycles. The summed E-state index contributed by atoms with van der Waals surface area (Å²) in [6.45, 7) is 1.45. The molecule has 0 spiro atoms. The van der Waals surface area contributed by atoms with Crippen LogP contribution in [0.4, 0.5) is 0 Å². The van der Waals surface area contributed by atoms with Gasteiger partial charge in [0.25, 0.3) is 5.91 Å². The van der Waals surface area contributed by atoms with Gasteiger partial charge in [-0.2, -0.15) is 5.26 Å². The topological polar surface area (TPSA) is 83.6 Å². The van der Waals surface area contributed by atoms with Gasteiger partial charge in [-0.05, 0) is 30.5 Å². The van der Waals surface area contributed by atoms with E-state index in [1.807, 2.05) is 36.4 Å². The van der Waals surface area contributed by atoms with Crippen molar-refractivity contribution in [2.75, 3.05) is 6.54 Å². The summed E-state index contributed by atoms with van der Waals surface area (Å²) in [7, 11) is 0. The lowest BCUT2D eigenvalue weighted by molar-refractivity contribution is 0.0954. The zero-order chi connectivity index (χ0) is 20.1. The molecule has 2 heterocycles. The maximum absolute atomic E-state index is 12.9. The van der Waals surface area contributed by atoms with E-state index in [-0.39, 0.29) is 5.91 Å². The van der Waals surface area contributed by atoms with Crippen molar-refractivity contribution in [1.82, 2.24) is 20.1 Å². The van der Waals surface area contributed by atoms with E-state index in [0.29, 0.717) is 24.1 Å². The highest BCUT2D eigenvalue weighted by Crippen LogP contribution is 2.26. The molecule has 3 aromatic rings. The molecule has 0 saturated carbocycles. The zero-order valence-electron chi connectivity index (χ0n) is 16.3. The molecule has 0 atom stereocenters. The second-order valence-corrected chi connectivity index (χ2v) is 7.20. The second kappa shape index (κ2) is 8.70. The van der Waals surface area contributed by atoms with E-state index in [0.717, 1.165) is 48.6 Å². The Morgan fingerprint density at radius 1 is 1.03 bits per heavy atom. The van der Waals surface area contributed by atoms with Gasteiger partial charge in [0.05, 0.1) is 11.6 Å². The van der Waals surface area contributed by atoms with Crippen molar-refractivity contribution in [3.8, 4) is 17.2 Å². The van der Waals surface area contributed by atoms with Crippen molar-refractivity contribution in [3.63, 3.8) is 0 Å². The molecule has 1 aliphatic rings. The van der Waals surface area contributed by atoms with Crippen LogP contribution in [0.5, 0.6) is 0 Å². The smallest absolute Gasteiger partial charge is 0.251 e. The normalized spacial score (nSPS) is 13.2. The number of nitriles is 1. The third-order valence-electron chi connectivity index (χ3n) is 5.33. The van der Waals surface area contributed by atoms with Crippen molar-refractivity contribution in [2.45, 2.75) is 38.6 Å². The number of nitrogens with zero attached hydrogens (tertiary/aromatic N) is 4. The van der Waals surface area contributed by atoms with Gasteiger partial charge in [-0.1, -0.05) is 42.8 Å². The summed E-state index contributed by atoms with van der Waals surface area (Å²) in [6, 6.07) is 16.9. The van der Waals surface area contributed by atoms with Crippen LogP contribution in [0.2, 0.25) is 0 Å². The van der Waals surface area contributed by atoms with E-state index in [2.05, 4.69) is 26.2 Å². The molecule has 0 radical (unpaired) electrons. The van der Waals surface area contributed by atoms with E-state index < -0.39 is 0 Å². The van der Waals surface area contributed by atoms with Gasteiger partial charge in [0.15, 0.2) is 0 Å². The number of hydrogen-bond acceptors (Lipinski definition) is 4. The third kappa shape index (κ3) is 4.04. The Balaban J connectivity index is 1.48. The largest absolute Gasteiger partial charge is 0.352 e. The van der Waals surface area contributed by atoms with Crippen molar-refractivity contribution in [2.24, 2.45) is 0 Å². The van der Waals surface area contributed by atoms with Crippen LogP contribution < -0.4 is 5.32 Å². The summed E-state index contributed by atoms with van der Waals surface area (Å²) in [5.41, 5.74) is 2.65. The summed E-state index contributed by atoms with van der Waals surface area (Å²) in [4.78, 5) is 12.9. The van der Waals surface area contributed by atoms with Crippen LogP contribution in [0.25, 0.3) is 11.1 Å². The van der Waals surface area contributed by atoms with E-state index in [9.17, 15) is 10.1 Å². The Hall–Kier alpha value is -3.46. The number of fused-ring (bicyclic) bond motifs is 1. The molecule has 0 unspecified atom stereocenters. The molecule has 1 N–H and O–H groups in total. The first-order chi connectivity index (χ1) is 14.3. The second-order valence-electron chi connectivity index (χ2n) is 7.20. The Morgan fingerprint density at radius 2 is 1.83 bits per heavy atom. The molecule has 6 nitrogen and oxygen atoms in total. The SMILES string of the molecule is N#Cc1ccccc1-c1ccccc1C(=O)NCCc1nnc2n1CCCCC2. The number of carbonyl (C=O) groups excluding carboxylic acids is 1. The molecule has 0 aliphatic carbocycles. The highest BCUT2D eigenvalue weighted by Gasteiger charge is 2.17. The molecular weight excluding hydrogens is 362 g/mol. The molecule has 29 heavy (non-hydrogen) atoms. The maximum Gasteiger partial charge on any atom is 0.251 e. The number of benzene rings is 2. The van der Waals surface area contributed by atoms with E-state index >= 15 is 0 Å². The lowest BCUT2D eigenvalue weighted by atomic mass is 9.95. The van der Waals surface area contributed by atoms with Gasteiger partial charge >= 0.3 is 0 Å². The number of aryl methyl sites for hydroxylation is 1. The van der Waals surface area contributed by atoms with Crippen LogP contribution in [0, 0.1) is 11.3 Å². The number of rotatable bonds is 5. The minimum absolute atomic E-state index is 0.149. The molecule has 0 bridgehead atoms. The van der Waals surface area contributed by atoms with Crippen molar-refractivity contribution >= 4 is 5.91 Å². The van der Waals surface area contributed by atoms with Crippen LogP contribution in [0.3, 0.4) is 0 Å². The Labute approximate surface area is 170 Å². The molecule has 4 rings (SSSR count). The molecular formula is C23H23N5O. The summed E-state index contributed by atoms with van der Waals surface area (Å²) >= 11 is 0. The standard InChI is InChI=1S/C23H23N5O/c24-16-17-8-3-4-9-18(17)19-10-5-6-11-20(19)23(29)25-14-13-22-27-26-21-12-2-1-7-15-28(21)22/h3-6,8-11H,1-2,7,12-15H2,(H,25,29). The Bertz CT molecular complexity index is 1060. The predicted molar refractivity (Wildman–Crippen MR) is 110 cm³/mol. The van der Waals surface area contributed by atoms with Gasteiger partial charge in [0, 0.05) is 37.1 Å². The molecule has 1 amide bonds. The van der Waals surface area contributed by atoms with E-state index in [4.69, 9.17) is 0 Å². The first-order valence-electron chi connectivity index (χ1n) is 10.1. The number of aromatic nitrogens is 3. The summed E-state index contributed by atoms with van der Waals surface area (Å²) in [5, 5.41) is 21.0. The summed E-state index contributed by atoms with van der Waals surface area (Å²) in [6.07, 6.45) is 5.16.